The lowest BCUT2D eigenvalue weighted by Crippen LogP contribution is -2.24. The van der Waals surface area contributed by atoms with Crippen LogP contribution in [0.2, 0.25) is 0 Å². The van der Waals surface area contributed by atoms with Crippen LogP contribution in [0.1, 0.15) is 12.8 Å². The Morgan fingerprint density at radius 3 is 2.70 bits per heavy atom. The van der Waals surface area contributed by atoms with Gasteiger partial charge in [-0.15, -0.1) is 11.8 Å². The fraction of sp³-hybridized carbons (Fsp3) is 0.429. The number of hydrogen-bond acceptors (Lipinski definition) is 6. The molecule has 0 saturated carbocycles. The fourth-order valence-corrected chi connectivity index (χ4v) is 2.44. The van der Waals surface area contributed by atoms with Gasteiger partial charge >= 0.3 is 0 Å². The molecule has 0 radical (unpaired) electrons. The summed E-state index contributed by atoms with van der Waals surface area (Å²) in [5, 5.41) is 3.99. The molecule has 0 amide bonds. The van der Waals surface area contributed by atoms with Crippen LogP contribution in [-0.4, -0.2) is 35.7 Å². The second kappa shape index (κ2) is 7.42. The van der Waals surface area contributed by atoms with Crippen LogP contribution in [0.4, 0.5) is 0 Å². The Bertz CT molecular complexity index is 523. The predicted octanol–water partition coefficient (Wildman–Crippen LogP) is 2.36. The largest absolute Gasteiger partial charge is 0.380 e. The zero-order valence-electron chi connectivity index (χ0n) is 11.7. The molecule has 1 heterocycles. The molecule has 2 rings (SSSR count). The molecule has 0 aliphatic heterocycles. The Hall–Kier alpha value is -1.37. The Morgan fingerprint density at radius 2 is 2.10 bits per heavy atom. The van der Waals surface area contributed by atoms with Crippen LogP contribution in [0.5, 0.6) is 0 Å². The van der Waals surface area contributed by atoms with Crippen molar-refractivity contribution in [2.75, 3.05) is 19.4 Å². The molecule has 0 aliphatic rings. The highest BCUT2D eigenvalue weighted by molar-refractivity contribution is 7.99. The average molecular weight is 293 g/mol. The van der Waals surface area contributed by atoms with Crippen molar-refractivity contribution in [2.45, 2.75) is 24.3 Å². The van der Waals surface area contributed by atoms with Gasteiger partial charge in [0.2, 0.25) is 11.7 Å². The first-order valence-corrected chi connectivity index (χ1v) is 7.54. The van der Waals surface area contributed by atoms with Gasteiger partial charge in [-0.2, -0.15) is 4.98 Å². The zero-order chi connectivity index (χ0) is 14.4. The predicted molar refractivity (Wildman–Crippen MR) is 79.7 cm³/mol. The van der Waals surface area contributed by atoms with Gasteiger partial charge in [0.05, 0.1) is 12.5 Å². The summed E-state index contributed by atoms with van der Waals surface area (Å²) in [6, 6.07) is 8.14. The van der Waals surface area contributed by atoms with E-state index in [1.165, 1.54) is 4.90 Å². The number of aromatic nitrogens is 2. The third-order valence-corrected chi connectivity index (χ3v) is 3.78. The number of thioether (sulfide) groups is 1. The molecule has 0 aliphatic carbocycles. The average Bonchev–Trinajstić information content (AvgIpc) is 2.94. The van der Waals surface area contributed by atoms with Crippen molar-refractivity contribution in [3.8, 4) is 11.4 Å². The molecule has 2 N–H and O–H groups in total. The van der Waals surface area contributed by atoms with Gasteiger partial charge < -0.3 is 15.0 Å². The van der Waals surface area contributed by atoms with Crippen LogP contribution in [-0.2, 0) is 11.2 Å². The molecular formula is C14H19N3O2S. The first kappa shape index (κ1) is 15.0. The highest BCUT2D eigenvalue weighted by Crippen LogP contribution is 2.22. The highest BCUT2D eigenvalue weighted by atomic mass is 32.2. The summed E-state index contributed by atoms with van der Waals surface area (Å²) in [4.78, 5) is 5.61. The molecule has 1 unspecified atom stereocenters. The zero-order valence-corrected chi connectivity index (χ0v) is 12.5. The summed E-state index contributed by atoms with van der Waals surface area (Å²) in [5.74, 6) is 2.20. The lowest BCUT2D eigenvalue weighted by molar-refractivity contribution is 0.102. The maximum Gasteiger partial charge on any atom is 0.229 e. The summed E-state index contributed by atoms with van der Waals surface area (Å²) in [7, 11) is 1.62. The molecule has 5 nitrogen and oxygen atoms in total. The first-order valence-electron chi connectivity index (χ1n) is 6.55. The molecular weight excluding hydrogens is 274 g/mol. The second-order valence-electron chi connectivity index (χ2n) is 4.27. The summed E-state index contributed by atoms with van der Waals surface area (Å²) in [6.45, 7) is 2.56. The third-order valence-electron chi connectivity index (χ3n) is 2.89. The number of nitrogens with zero attached hydrogens (tertiary/aromatic N) is 2. The van der Waals surface area contributed by atoms with Crippen molar-refractivity contribution in [3.63, 3.8) is 0 Å². The highest BCUT2D eigenvalue weighted by Gasteiger charge is 2.13. The van der Waals surface area contributed by atoms with Gasteiger partial charge in [-0.1, -0.05) is 12.1 Å². The molecule has 1 atom stereocenters. The monoisotopic (exact) mass is 293 g/mol. The molecule has 1 aromatic carbocycles. The maximum absolute atomic E-state index is 5.58. The SMILES string of the molecule is CCSc1ccc(-c2noc(CC(CN)OC)n2)cc1. The van der Waals surface area contributed by atoms with E-state index >= 15 is 0 Å². The van der Waals surface area contributed by atoms with Crippen LogP contribution in [0.25, 0.3) is 11.4 Å². The first-order chi connectivity index (χ1) is 9.76. The minimum atomic E-state index is -0.0911. The quantitative estimate of drug-likeness (QED) is 0.790. The Kier molecular flexibility index (Phi) is 5.58. The van der Waals surface area contributed by atoms with Gasteiger partial charge in [-0.05, 0) is 30.0 Å². The number of rotatable bonds is 7. The number of hydrogen-bond donors (Lipinski definition) is 1. The minimum absolute atomic E-state index is 0.0911. The summed E-state index contributed by atoms with van der Waals surface area (Å²) >= 11 is 1.80. The van der Waals surface area contributed by atoms with Crippen molar-refractivity contribution in [3.05, 3.63) is 30.2 Å². The van der Waals surface area contributed by atoms with Crippen molar-refractivity contribution in [1.82, 2.24) is 10.1 Å². The topological polar surface area (TPSA) is 74.2 Å². The molecule has 0 spiro atoms. The van der Waals surface area contributed by atoms with Gasteiger partial charge in [0.15, 0.2) is 0 Å². The molecule has 6 heteroatoms. The van der Waals surface area contributed by atoms with Gasteiger partial charge in [-0.25, -0.2) is 0 Å². The van der Waals surface area contributed by atoms with Crippen LogP contribution < -0.4 is 5.73 Å². The van der Waals surface area contributed by atoms with E-state index in [1.807, 2.05) is 12.1 Å². The van der Waals surface area contributed by atoms with Gasteiger partial charge in [0.25, 0.3) is 0 Å². The lowest BCUT2D eigenvalue weighted by atomic mass is 10.2. The molecule has 2 aromatic rings. The van der Waals surface area contributed by atoms with Crippen LogP contribution >= 0.6 is 11.8 Å². The van der Waals surface area contributed by atoms with Crippen molar-refractivity contribution < 1.29 is 9.26 Å². The lowest BCUT2D eigenvalue weighted by Gasteiger charge is -2.08. The molecule has 0 fully saturated rings. The van der Waals surface area contributed by atoms with E-state index in [2.05, 4.69) is 29.2 Å². The molecule has 0 saturated heterocycles. The van der Waals surface area contributed by atoms with E-state index in [9.17, 15) is 0 Å². The number of ether oxygens (including phenoxy) is 1. The molecule has 0 bridgehead atoms. The minimum Gasteiger partial charge on any atom is -0.380 e. The van der Waals surface area contributed by atoms with Crippen LogP contribution in [0.3, 0.4) is 0 Å². The Balaban J connectivity index is 2.07. The summed E-state index contributed by atoms with van der Waals surface area (Å²) in [6.07, 6.45) is 0.440. The van der Waals surface area contributed by atoms with E-state index in [-0.39, 0.29) is 6.10 Å². The maximum atomic E-state index is 5.58. The van der Waals surface area contributed by atoms with Crippen LogP contribution in [0, 0.1) is 0 Å². The molecule has 20 heavy (non-hydrogen) atoms. The molecule has 1 aromatic heterocycles. The van der Waals surface area contributed by atoms with E-state index < -0.39 is 0 Å². The molecule has 108 valence electrons. The summed E-state index contributed by atoms with van der Waals surface area (Å²) in [5.41, 5.74) is 6.52. The van der Waals surface area contributed by atoms with Gasteiger partial charge in [0.1, 0.15) is 0 Å². The smallest absolute Gasteiger partial charge is 0.229 e. The van der Waals surface area contributed by atoms with Gasteiger partial charge in [-0.3, -0.25) is 0 Å². The standard InChI is InChI=1S/C14H19N3O2S/c1-3-20-12-6-4-10(5-7-12)14-16-13(19-17-14)8-11(9-15)18-2/h4-7,11H,3,8-9,15H2,1-2H3. The number of benzene rings is 1. The Labute approximate surface area is 122 Å². The van der Waals surface area contributed by atoms with E-state index in [0.29, 0.717) is 24.7 Å². The van der Waals surface area contributed by atoms with E-state index in [4.69, 9.17) is 15.0 Å². The van der Waals surface area contributed by atoms with Gasteiger partial charge in [0, 0.05) is 24.1 Å². The van der Waals surface area contributed by atoms with Crippen molar-refractivity contribution in [2.24, 2.45) is 5.73 Å². The normalized spacial score (nSPS) is 12.6. The fourth-order valence-electron chi connectivity index (χ4n) is 1.78. The van der Waals surface area contributed by atoms with E-state index in [0.717, 1.165) is 11.3 Å². The van der Waals surface area contributed by atoms with Crippen LogP contribution in [0.15, 0.2) is 33.7 Å². The van der Waals surface area contributed by atoms with E-state index in [1.54, 1.807) is 18.9 Å². The van der Waals surface area contributed by atoms with Crippen molar-refractivity contribution >= 4 is 11.8 Å². The van der Waals surface area contributed by atoms with Crippen molar-refractivity contribution in [1.29, 1.82) is 0 Å². The number of nitrogens with two attached hydrogens (primary N) is 1. The Morgan fingerprint density at radius 1 is 1.35 bits per heavy atom. The second-order valence-corrected chi connectivity index (χ2v) is 5.60. The summed E-state index contributed by atoms with van der Waals surface area (Å²) < 4.78 is 10.4. The third kappa shape index (κ3) is 3.82. The number of methoxy groups -OCH3 is 1.